The zero-order chi connectivity index (χ0) is 14.1. The van der Waals surface area contributed by atoms with Crippen LogP contribution >= 0.6 is 0 Å². The first kappa shape index (κ1) is 13.2. The van der Waals surface area contributed by atoms with Gasteiger partial charge in [0.1, 0.15) is 0 Å². The van der Waals surface area contributed by atoms with E-state index in [1.54, 1.807) is 0 Å². The number of rotatable bonds is 6. The molecule has 3 rings (SSSR count). The summed E-state index contributed by atoms with van der Waals surface area (Å²) in [6.07, 6.45) is 12.6. The lowest BCUT2D eigenvalue weighted by molar-refractivity contribution is 0.111. The molecule has 1 aromatic heterocycles. The van der Waals surface area contributed by atoms with Crippen LogP contribution in [0, 0.1) is 11.8 Å². The van der Waals surface area contributed by atoms with Gasteiger partial charge < -0.3 is 4.98 Å². The molecule has 1 N–H and O–H groups in total. The van der Waals surface area contributed by atoms with E-state index < -0.39 is 0 Å². The van der Waals surface area contributed by atoms with Gasteiger partial charge in [-0.3, -0.25) is 4.79 Å². The van der Waals surface area contributed by atoms with Crippen molar-refractivity contribution in [2.75, 3.05) is 0 Å². The monoisotopic (exact) mass is 267 g/mol. The maximum absolute atomic E-state index is 10.8. The molecule has 3 atom stereocenters. The van der Waals surface area contributed by atoms with Gasteiger partial charge >= 0.3 is 0 Å². The van der Waals surface area contributed by atoms with Gasteiger partial charge in [0, 0.05) is 11.6 Å². The Morgan fingerprint density at radius 2 is 2.40 bits per heavy atom. The van der Waals surface area contributed by atoms with Crippen LogP contribution in [0.3, 0.4) is 0 Å². The fourth-order valence-electron chi connectivity index (χ4n) is 3.72. The number of hydrogen-bond acceptors (Lipinski definition) is 1. The Morgan fingerprint density at radius 1 is 1.55 bits per heavy atom. The van der Waals surface area contributed by atoms with E-state index in [1.165, 1.54) is 23.3 Å². The molecule has 0 bridgehead atoms. The Bertz CT molecular complexity index is 591. The third kappa shape index (κ3) is 2.20. The van der Waals surface area contributed by atoms with Gasteiger partial charge in [-0.1, -0.05) is 36.5 Å². The first-order valence-corrected chi connectivity index (χ1v) is 7.39. The second kappa shape index (κ2) is 5.28. The summed E-state index contributed by atoms with van der Waals surface area (Å²) < 4.78 is 0. The largest absolute Gasteiger partial charge is 0.356 e. The molecule has 3 unspecified atom stereocenters. The maximum Gasteiger partial charge on any atom is 0.166 e. The van der Waals surface area contributed by atoms with Crippen LogP contribution in [0.4, 0.5) is 0 Å². The fraction of sp³-hybridized carbons (Fsp3) is 0.389. The third-order valence-corrected chi connectivity index (χ3v) is 4.79. The Labute approximate surface area is 120 Å². The summed E-state index contributed by atoms with van der Waals surface area (Å²) in [5.41, 5.74) is 4.83. The van der Waals surface area contributed by atoms with Crippen LogP contribution in [0.5, 0.6) is 0 Å². The quantitative estimate of drug-likeness (QED) is 0.608. The number of carbonyl (C=O) groups is 1. The van der Waals surface area contributed by atoms with Crippen molar-refractivity contribution in [2.45, 2.75) is 32.1 Å². The summed E-state index contributed by atoms with van der Waals surface area (Å²) in [5.74, 6) is 2.30. The van der Waals surface area contributed by atoms with Gasteiger partial charge in [0.2, 0.25) is 0 Å². The van der Waals surface area contributed by atoms with Gasteiger partial charge in [0.25, 0.3) is 0 Å². The lowest BCUT2D eigenvalue weighted by atomic mass is 10.0. The number of nitrogens with one attached hydrogen (secondary N) is 1. The van der Waals surface area contributed by atoms with E-state index in [1.807, 2.05) is 18.2 Å². The summed E-state index contributed by atoms with van der Waals surface area (Å²) in [6, 6.07) is 2.02. The highest BCUT2D eigenvalue weighted by Crippen LogP contribution is 2.63. The molecular formula is C18H21NO. The zero-order valence-electron chi connectivity index (χ0n) is 11.9. The molecular weight excluding hydrogens is 246 g/mol. The average molecular weight is 267 g/mol. The second-order valence-corrected chi connectivity index (χ2v) is 5.84. The lowest BCUT2D eigenvalue weighted by Crippen LogP contribution is -1.93. The van der Waals surface area contributed by atoms with E-state index in [4.69, 9.17) is 0 Å². The SMILES string of the molecule is C=C/C=C\C(=C/C)CCC1C2Cc3cc(C=O)[nH]c3C12. The minimum atomic E-state index is 0.681. The number of aromatic amines is 1. The van der Waals surface area contributed by atoms with Crippen molar-refractivity contribution >= 4 is 6.29 Å². The van der Waals surface area contributed by atoms with Crippen LogP contribution in [0.1, 0.15) is 47.4 Å². The molecule has 0 aliphatic heterocycles. The predicted octanol–water partition coefficient (Wildman–Crippen LogP) is 4.18. The zero-order valence-corrected chi connectivity index (χ0v) is 11.9. The smallest absolute Gasteiger partial charge is 0.166 e. The van der Waals surface area contributed by atoms with Crippen molar-refractivity contribution in [3.63, 3.8) is 0 Å². The topological polar surface area (TPSA) is 32.9 Å². The van der Waals surface area contributed by atoms with Gasteiger partial charge in [-0.15, -0.1) is 0 Å². The van der Waals surface area contributed by atoms with Gasteiger partial charge in [-0.2, -0.15) is 0 Å². The van der Waals surface area contributed by atoms with Gasteiger partial charge in [-0.25, -0.2) is 0 Å². The van der Waals surface area contributed by atoms with Crippen molar-refractivity contribution in [3.8, 4) is 0 Å². The second-order valence-electron chi connectivity index (χ2n) is 5.84. The van der Waals surface area contributed by atoms with Crippen LogP contribution in [0.2, 0.25) is 0 Å². The number of H-pyrrole nitrogens is 1. The number of carbonyl (C=O) groups excluding carboxylic acids is 1. The summed E-state index contributed by atoms with van der Waals surface area (Å²) >= 11 is 0. The highest BCUT2D eigenvalue weighted by molar-refractivity contribution is 5.73. The van der Waals surface area contributed by atoms with E-state index in [9.17, 15) is 4.79 Å². The van der Waals surface area contributed by atoms with Crippen molar-refractivity contribution in [3.05, 3.63) is 59.5 Å². The van der Waals surface area contributed by atoms with E-state index in [2.05, 4.69) is 30.6 Å². The number of aromatic nitrogens is 1. The molecule has 0 amide bonds. The molecule has 2 heteroatoms. The summed E-state index contributed by atoms with van der Waals surface area (Å²) in [4.78, 5) is 14.1. The summed E-state index contributed by atoms with van der Waals surface area (Å²) in [7, 11) is 0. The molecule has 1 heterocycles. The number of fused-ring (bicyclic) bond motifs is 3. The van der Waals surface area contributed by atoms with Crippen LogP contribution < -0.4 is 0 Å². The maximum atomic E-state index is 10.8. The van der Waals surface area contributed by atoms with Crippen LogP contribution in [-0.4, -0.2) is 11.3 Å². The van der Waals surface area contributed by atoms with E-state index >= 15 is 0 Å². The predicted molar refractivity (Wildman–Crippen MR) is 81.9 cm³/mol. The third-order valence-electron chi connectivity index (χ3n) is 4.79. The molecule has 2 aliphatic rings. The Balaban J connectivity index is 1.59. The molecule has 2 aliphatic carbocycles. The number of allylic oxidation sites excluding steroid dienone is 5. The molecule has 2 nitrogen and oxygen atoms in total. The van der Waals surface area contributed by atoms with Crippen molar-refractivity contribution in [1.29, 1.82) is 0 Å². The highest BCUT2D eigenvalue weighted by Gasteiger charge is 2.55. The normalized spacial score (nSPS) is 27.4. The molecule has 104 valence electrons. The fourth-order valence-corrected chi connectivity index (χ4v) is 3.72. The highest BCUT2D eigenvalue weighted by atomic mass is 16.1. The molecule has 1 fully saturated rings. The summed E-state index contributed by atoms with van der Waals surface area (Å²) in [5, 5.41) is 0. The minimum Gasteiger partial charge on any atom is -0.356 e. The minimum absolute atomic E-state index is 0.681. The molecule has 20 heavy (non-hydrogen) atoms. The number of aldehydes is 1. The van der Waals surface area contributed by atoms with Crippen LogP contribution in [0.25, 0.3) is 0 Å². The first-order valence-electron chi connectivity index (χ1n) is 7.39. The van der Waals surface area contributed by atoms with Gasteiger partial charge in [-0.05, 0) is 49.7 Å². The van der Waals surface area contributed by atoms with E-state index in [0.717, 1.165) is 36.7 Å². The van der Waals surface area contributed by atoms with Crippen LogP contribution in [0.15, 0.2) is 42.5 Å². The Morgan fingerprint density at radius 3 is 3.10 bits per heavy atom. The molecule has 0 radical (unpaired) electrons. The standard InChI is InChI=1S/C18H21NO/c1-3-5-6-12(4-2)7-8-15-16-10-13-9-14(11-20)19-18(13)17(15)16/h3-6,9,11,15-17,19H,1,7-8,10H2,2H3/b6-5-,12-4+. The van der Waals surface area contributed by atoms with Crippen molar-refractivity contribution < 1.29 is 4.79 Å². The molecule has 0 aromatic carbocycles. The Kier molecular flexibility index (Phi) is 3.47. The van der Waals surface area contributed by atoms with Crippen molar-refractivity contribution in [2.24, 2.45) is 11.8 Å². The van der Waals surface area contributed by atoms with E-state index in [-0.39, 0.29) is 0 Å². The van der Waals surface area contributed by atoms with Crippen LogP contribution in [-0.2, 0) is 6.42 Å². The molecule has 1 saturated carbocycles. The lowest BCUT2D eigenvalue weighted by Gasteiger charge is -2.04. The van der Waals surface area contributed by atoms with E-state index in [0.29, 0.717) is 5.92 Å². The Hall–Kier alpha value is -1.83. The van der Waals surface area contributed by atoms with Gasteiger partial charge in [0.15, 0.2) is 6.29 Å². The number of hydrogen-bond donors (Lipinski definition) is 1. The molecule has 0 saturated heterocycles. The van der Waals surface area contributed by atoms with Crippen molar-refractivity contribution in [1.82, 2.24) is 4.98 Å². The van der Waals surface area contributed by atoms with Gasteiger partial charge in [0.05, 0.1) is 5.69 Å². The first-order chi connectivity index (χ1) is 9.78. The molecule has 0 spiro atoms. The average Bonchev–Trinajstić information content (AvgIpc) is 2.82. The molecule has 1 aromatic rings. The summed E-state index contributed by atoms with van der Waals surface area (Å²) in [6.45, 7) is 5.80.